The Morgan fingerprint density at radius 2 is 1.72 bits per heavy atom. The standard InChI is InChI=1S/C36H50O3/c1-7-14-29(31(8-2)33(38)21-25(3)37)22-28-23-30-18-19-32(26(4)35(30)34(39)24-28)36(5,6)20-13-12-17-27-15-10-9-11-16-27/h9-11,15-16,18-19,28-29,31H,7-8,12-14,17,20-24H2,1-6H3. The molecule has 3 rings (SSSR count). The van der Waals surface area contributed by atoms with Crippen molar-refractivity contribution in [1.29, 1.82) is 0 Å². The molecule has 0 aromatic heterocycles. The Morgan fingerprint density at radius 3 is 2.36 bits per heavy atom. The summed E-state index contributed by atoms with van der Waals surface area (Å²) in [5.74, 6) is 0.702. The SMILES string of the molecule is CCCC(CC1CC(=O)c2c(ccc(C(C)(C)CCCCc3ccccc3)c2C)C1)C(CC)C(=O)CC(C)=O. The lowest BCUT2D eigenvalue weighted by molar-refractivity contribution is -0.129. The fraction of sp³-hybridized carbons (Fsp3) is 0.583. The number of Topliss-reactive ketones (excluding diaryl/α,β-unsaturated/α-hetero) is 3. The number of ketones is 3. The minimum Gasteiger partial charge on any atom is -0.300 e. The van der Waals surface area contributed by atoms with Gasteiger partial charge in [-0.3, -0.25) is 14.4 Å². The summed E-state index contributed by atoms with van der Waals surface area (Å²) in [6.45, 7) is 12.5. The van der Waals surface area contributed by atoms with Crippen LogP contribution < -0.4 is 0 Å². The molecule has 39 heavy (non-hydrogen) atoms. The van der Waals surface area contributed by atoms with Crippen LogP contribution >= 0.6 is 0 Å². The van der Waals surface area contributed by atoms with Crippen LogP contribution in [0.5, 0.6) is 0 Å². The largest absolute Gasteiger partial charge is 0.300 e. The first-order chi connectivity index (χ1) is 18.6. The first-order valence-electron chi connectivity index (χ1n) is 15.3. The van der Waals surface area contributed by atoms with E-state index >= 15 is 0 Å². The number of carbonyl (C=O) groups is 3. The molecule has 212 valence electrons. The van der Waals surface area contributed by atoms with Crippen molar-refractivity contribution in [2.24, 2.45) is 17.8 Å². The van der Waals surface area contributed by atoms with E-state index < -0.39 is 0 Å². The second kappa shape index (κ2) is 14.2. The lowest BCUT2D eigenvalue weighted by Gasteiger charge is -2.34. The normalized spacial score (nSPS) is 17.0. The van der Waals surface area contributed by atoms with Gasteiger partial charge in [0.1, 0.15) is 11.6 Å². The van der Waals surface area contributed by atoms with Crippen LogP contribution in [0, 0.1) is 24.7 Å². The smallest absolute Gasteiger partial charge is 0.163 e. The Hall–Kier alpha value is -2.55. The molecule has 0 amide bonds. The second-order valence-electron chi connectivity index (χ2n) is 12.7. The minimum atomic E-state index is -0.0860. The van der Waals surface area contributed by atoms with Gasteiger partial charge in [0.05, 0.1) is 6.42 Å². The molecule has 3 nitrogen and oxygen atoms in total. The van der Waals surface area contributed by atoms with Gasteiger partial charge >= 0.3 is 0 Å². The molecule has 2 aromatic carbocycles. The summed E-state index contributed by atoms with van der Waals surface area (Å²) in [6, 6.07) is 15.2. The van der Waals surface area contributed by atoms with Crippen molar-refractivity contribution in [3.05, 3.63) is 70.3 Å². The number of rotatable bonds is 15. The van der Waals surface area contributed by atoms with Crippen LogP contribution in [-0.4, -0.2) is 17.3 Å². The van der Waals surface area contributed by atoms with Crippen molar-refractivity contribution >= 4 is 17.3 Å². The third kappa shape index (κ3) is 8.22. The van der Waals surface area contributed by atoms with E-state index in [1.165, 1.54) is 30.0 Å². The Kier molecular flexibility index (Phi) is 11.3. The van der Waals surface area contributed by atoms with Crippen LogP contribution in [0.15, 0.2) is 42.5 Å². The van der Waals surface area contributed by atoms with Crippen LogP contribution in [0.4, 0.5) is 0 Å². The number of benzene rings is 2. The van der Waals surface area contributed by atoms with Crippen LogP contribution in [0.3, 0.4) is 0 Å². The predicted octanol–water partition coefficient (Wildman–Crippen LogP) is 8.81. The van der Waals surface area contributed by atoms with Gasteiger partial charge in [0.2, 0.25) is 0 Å². The maximum absolute atomic E-state index is 13.6. The number of aryl methyl sites for hydroxylation is 1. The van der Waals surface area contributed by atoms with E-state index in [1.807, 2.05) is 0 Å². The summed E-state index contributed by atoms with van der Waals surface area (Å²) < 4.78 is 0. The molecule has 3 heteroatoms. The lowest BCUT2D eigenvalue weighted by atomic mass is 9.70. The number of hydrogen-bond acceptors (Lipinski definition) is 3. The highest BCUT2D eigenvalue weighted by molar-refractivity contribution is 6.00. The number of hydrogen-bond donors (Lipinski definition) is 0. The van der Waals surface area contributed by atoms with E-state index in [9.17, 15) is 14.4 Å². The van der Waals surface area contributed by atoms with Crippen molar-refractivity contribution in [2.75, 3.05) is 0 Å². The van der Waals surface area contributed by atoms with E-state index in [2.05, 4.69) is 77.1 Å². The van der Waals surface area contributed by atoms with Gasteiger partial charge in [-0.05, 0) is 91.9 Å². The molecule has 0 heterocycles. The monoisotopic (exact) mass is 530 g/mol. The van der Waals surface area contributed by atoms with Crippen LogP contribution in [-0.2, 0) is 27.8 Å². The third-order valence-electron chi connectivity index (χ3n) is 9.04. The van der Waals surface area contributed by atoms with Crippen LogP contribution in [0.25, 0.3) is 0 Å². The highest BCUT2D eigenvalue weighted by atomic mass is 16.1. The summed E-state index contributed by atoms with van der Waals surface area (Å²) in [7, 11) is 0. The molecule has 0 saturated carbocycles. The third-order valence-corrected chi connectivity index (χ3v) is 9.04. The number of carbonyl (C=O) groups excluding carboxylic acids is 3. The highest BCUT2D eigenvalue weighted by Gasteiger charge is 2.34. The molecule has 2 aromatic rings. The number of unbranched alkanes of at least 4 members (excludes halogenated alkanes) is 1. The summed E-state index contributed by atoms with van der Waals surface area (Å²) in [4.78, 5) is 38.0. The first kappa shape index (κ1) is 31.0. The van der Waals surface area contributed by atoms with Crippen molar-refractivity contribution in [2.45, 2.75) is 118 Å². The van der Waals surface area contributed by atoms with E-state index in [0.717, 1.165) is 62.5 Å². The summed E-state index contributed by atoms with van der Waals surface area (Å²) in [5, 5.41) is 0. The predicted molar refractivity (Wildman–Crippen MR) is 161 cm³/mol. The Balaban J connectivity index is 1.70. The zero-order chi connectivity index (χ0) is 28.6. The molecule has 0 spiro atoms. The van der Waals surface area contributed by atoms with Crippen molar-refractivity contribution < 1.29 is 14.4 Å². The van der Waals surface area contributed by atoms with Crippen molar-refractivity contribution in [3.63, 3.8) is 0 Å². The Labute approximate surface area is 237 Å². The van der Waals surface area contributed by atoms with Crippen molar-refractivity contribution in [3.8, 4) is 0 Å². The molecule has 3 unspecified atom stereocenters. The van der Waals surface area contributed by atoms with E-state index in [0.29, 0.717) is 6.42 Å². The average Bonchev–Trinajstić information content (AvgIpc) is 2.87. The van der Waals surface area contributed by atoms with Crippen LogP contribution in [0.1, 0.15) is 125 Å². The summed E-state index contributed by atoms with van der Waals surface area (Å²) in [6.07, 6.45) is 9.66. The Bertz CT molecular complexity index is 1130. The first-order valence-corrected chi connectivity index (χ1v) is 15.3. The van der Waals surface area contributed by atoms with Gasteiger partial charge in [-0.15, -0.1) is 0 Å². The maximum Gasteiger partial charge on any atom is 0.163 e. The van der Waals surface area contributed by atoms with Gasteiger partial charge in [0.25, 0.3) is 0 Å². The quantitative estimate of drug-likeness (QED) is 0.171. The molecular formula is C36H50O3. The molecule has 0 bridgehead atoms. The second-order valence-corrected chi connectivity index (χ2v) is 12.7. The van der Waals surface area contributed by atoms with Gasteiger partial charge in [-0.25, -0.2) is 0 Å². The summed E-state index contributed by atoms with van der Waals surface area (Å²) >= 11 is 0. The molecule has 3 atom stereocenters. The molecule has 0 fully saturated rings. The molecule has 1 aliphatic rings. The molecule has 0 N–H and O–H groups in total. The van der Waals surface area contributed by atoms with Gasteiger partial charge in [-0.1, -0.05) is 89.4 Å². The van der Waals surface area contributed by atoms with E-state index in [1.54, 1.807) is 0 Å². The molecular weight excluding hydrogens is 480 g/mol. The van der Waals surface area contributed by atoms with Gasteiger partial charge in [0, 0.05) is 17.9 Å². The van der Waals surface area contributed by atoms with Gasteiger partial charge < -0.3 is 0 Å². The van der Waals surface area contributed by atoms with Crippen LogP contribution in [0.2, 0.25) is 0 Å². The zero-order valence-electron chi connectivity index (χ0n) is 25.3. The van der Waals surface area contributed by atoms with Crippen molar-refractivity contribution in [1.82, 2.24) is 0 Å². The molecule has 0 saturated heterocycles. The molecule has 0 aliphatic heterocycles. The van der Waals surface area contributed by atoms with Gasteiger partial charge in [0.15, 0.2) is 5.78 Å². The fourth-order valence-corrected chi connectivity index (χ4v) is 7.13. The van der Waals surface area contributed by atoms with E-state index in [-0.39, 0.29) is 46.9 Å². The van der Waals surface area contributed by atoms with E-state index in [4.69, 9.17) is 0 Å². The summed E-state index contributed by atoms with van der Waals surface area (Å²) in [5.41, 5.74) is 6.01. The topological polar surface area (TPSA) is 51.2 Å². The average molecular weight is 531 g/mol. The Morgan fingerprint density at radius 1 is 1.00 bits per heavy atom. The maximum atomic E-state index is 13.6. The molecule has 0 radical (unpaired) electrons. The fourth-order valence-electron chi connectivity index (χ4n) is 7.13. The lowest BCUT2D eigenvalue weighted by Crippen LogP contribution is -2.30. The number of fused-ring (bicyclic) bond motifs is 1. The zero-order valence-corrected chi connectivity index (χ0v) is 25.3. The highest BCUT2D eigenvalue weighted by Crippen LogP contribution is 2.40. The molecule has 1 aliphatic carbocycles. The minimum absolute atomic E-state index is 0.0184. The van der Waals surface area contributed by atoms with Gasteiger partial charge in [-0.2, -0.15) is 0 Å².